The summed E-state index contributed by atoms with van der Waals surface area (Å²) in [5.41, 5.74) is 10.9. The van der Waals surface area contributed by atoms with Gasteiger partial charge in [0.05, 0.1) is 13.7 Å². The summed E-state index contributed by atoms with van der Waals surface area (Å²) >= 11 is 0. The second-order valence-electron chi connectivity index (χ2n) is 6.49. The van der Waals surface area contributed by atoms with Crippen LogP contribution in [0.4, 0.5) is 0 Å². The summed E-state index contributed by atoms with van der Waals surface area (Å²) in [5.74, 6) is 2.01. The maximum Gasteiger partial charge on any atom is 0.122 e. The van der Waals surface area contributed by atoms with Gasteiger partial charge >= 0.3 is 0 Å². The van der Waals surface area contributed by atoms with Crippen molar-refractivity contribution in [2.75, 3.05) is 20.3 Å². The second-order valence-corrected chi connectivity index (χ2v) is 6.49. The summed E-state index contributed by atoms with van der Waals surface area (Å²) in [6.45, 7) is 5.71. The zero-order chi connectivity index (χ0) is 18.1. The molecule has 2 aromatic rings. The molecule has 0 aliphatic heterocycles. The number of hydrogen-bond acceptors (Lipinski definition) is 3. The normalized spacial score (nSPS) is 10.3. The first-order valence-corrected chi connectivity index (χ1v) is 9.21. The number of benzene rings is 2. The van der Waals surface area contributed by atoms with Crippen LogP contribution in [-0.4, -0.2) is 20.3 Å². The molecule has 0 saturated heterocycles. The smallest absolute Gasteiger partial charge is 0.122 e. The molecule has 2 aromatic carbocycles. The molecule has 0 aromatic heterocycles. The van der Waals surface area contributed by atoms with E-state index in [2.05, 4.69) is 38.1 Å². The Morgan fingerprint density at radius 1 is 0.885 bits per heavy atom. The Balaban J connectivity index is 0.00000338. The standard InChI is InChI=1S/C22H31NO2.ClH/c1-17-13-14-22(25-16-8-15-23)20(18(17)2)11-6-4-9-19-10-5-7-12-21(19)24-3;/h5,7,10,12-14H,4,6,8-9,11,15-16,23H2,1-3H3;1H. The van der Waals surface area contributed by atoms with E-state index in [1.165, 1.54) is 22.3 Å². The molecule has 4 heteroatoms. The molecule has 0 radical (unpaired) electrons. The number of halogens is 1. The fraction of sp³-hybridized carbons (Fsp3) is 0.455. The van der Waals surface area contributed by atoms with Crippen molar-refractivity contribution < 1.29 is 9.47 Å². The highest BCUT2D eigenvalue weighted by atomic mass is 35.5. The van der Waals surface area contributed by atoms with Gasteiger partial charge in [0.25, 0.3) is 0 Å². The molecule has 0 unspecified atom stereocenters. The SMILES string of the molecule is COc1ccccc1CCCCc1c(OCCCN)ccc(C)c1C.Cl. The van der Waals surface area contributed by atoms with E-state index in [-0.39, 0.29) is 12.4 Å². The highest BCUT2D eigenvalue weighted by Crippen LogP contribution is 2.27. The van der Waals surface area contributed by atoms with Gasteiger partial charge in [0.15, 0.2) is 0 Å². The third-order valence-corrected chi connectivity index (χ3v) is 4.75. The van der Waals surface area contributed by atoms with Crippen LogP contribution in [0.25, 0.3) is 0 Å². The van der Waals surface area contributed by atoms with Crippen LogP contribution in [0, 0.1) is 13.8 Å². The summed E-state index contributed by atoms with van der Waals surface area (Å²) < 4.78 is 11.4. The Labute approximate surface area is 164 Å². The topological polar surface area (TPSA) is 44.5 Å². The number of aryl methyl sites for hydroxylation is 2. The summed E-state index contributed by atoms with van der Waals surface area (Å²) in [6, 6.07) is 12.5. The van der Waals surface area contributed by atoms with E-state index < -0.39 is 0 Å². The third-order valence-electron chi connectivity index (χ3n) is 4.75. The number of methoxy groups -OCH3 is 1. The lowest BCUT2D eigenvalue weighted by Gasteiger charge is -2.16. The molecule has 0 fully saturated rings. The third kappa shape index (κ3) is 6.22. The Hall–Kier alpha value is -1.71. The van der Waals surface area contributed by atoms with Crippen LogP contribution in [0.1, 0.15) is 41.5 Å². The molecule has 144 valence electrons. The van der Waals surface area contributed by atoms with Crippen LogP contribution in [0.15, 0.2) is 36.4 Å². The Morgan fingerprint density at radius 3 is 2.35 bits per heavy atom. The number of unbranched alkanes of at least 4 members (excludes halogenated alkanes) is 1. The molecular formula is C22H32ClNO2. The Bertz CT molecular complexity index is 673. The van der Waals surface area contributed by atoms with Gasteiger partial charge in [-0.1, -0.05) is 24.3 Å². The molecular weight excluding hydrogens is 346 g/mol. The van der Waals surface area contributed by atoms with Crippen LogP contribution < -0.4 is 15.2 Å². The molecule has 0 amide bonds. The lowest BCUT2D eigenvalue weighted by molar-refractivity contribution is 0.309. The van der Waals surface area contributed by atoms with Crippen molar-refractivity contribution in [3.8, 4) is 11.5 Å². The quantitative estimate of drug-likeness (QED) is 0.591. The first kappa shape index (κ1) is 22.3. The molecule has 2 N–H and O–H groups in total. The van der Waals surface area contributed by atoms with Crippen LogP contribution in [0.2, 0.25) is 0 Å². The molecule has 0 atom stereocenters. The summed E-state index contributed by atoms with van der Waals surface area (Å²) in [7, 11) is 1.74. The average molecular weight is 378 g/mol. The van der Waals surface area contributed by atoms with Crippen LogP contribution in [0.5, 0.6) is 11.5 Å². The van der Waals surface area contributed by atoms with Gasteiger partial charge in [-0.2, -0.15) is 0 Å². The first-order chi connectivity index (χ1) is 12.2. The lowest BCUT2D eigenvalue weighted by atomic mass is 9.96. The monoisotopic (exact) mass is 377 g/mol. The predicted octanol–water partition coefficient (Wildman–Crippen LogP) is 5.03. The predicted molar refractivity (Wildman–Crippen MR) is 112 cm³/mol. The van der Waals surface area contributed by atoms with Crippen molar-refractivity contribution in [1.82, 2.24) is 0 Å². The van der Waals surface area contributed by atoms with E-state index in [4.69, 9.17) is 15.2 Å². The molecule has 3 nitrogen and oxygen atoms in total. The maximum atomic E-state index is 5.97. The molecule has 2 rings (SSSR count). The fourth-order valence-electron chi connectivity index (χ4n) is 3.09. The average Bonchev–Trinajstić information content (AvgIpc) is 2.64. The maximum absolute atomic E-state index is 5.97. The van der Waals surface area contributed by atoms with E-state index in [1.807, 2.05) is 12.1 Å². The van der Waals surface area contributed by atoms with Crippen LogP contribution in [0.3, 0.4) is 0 Å². The van der Waals surface area contributed by atoms with Crippen molar-refractivity contribution in [1.29, 1.82) is 0 Å². The van der Waals surface area contributed by atoms with Gasteiger partial charge in [0, 0.05) is 0 Å². The number of para-hydroxylation sites is 1. The molecule has 0 heterocycles. The highest BCUT2D eigenvalue weighted by Gasteiger charge is 2.10. The minimum Gasteiger partial charge on any atom is -0.496 e. The minimum atomic E-state index is 0. The zero-order valence-electron chi connectivity index (χ0n) is 16.2. The summed E-state index contributed by atoms with van der Waals surface area (Å²) in [5, 5.41) is 0. The van der Waals surface area contributed by atoms with Gasteiger partial charge in [-0.15, -0.1) is 12.4 Å². The van der Waals surface area contributed by atoms with E-state index in [1.54, 1.807) is 7.11 Å². The van der Waals surface area contributed by atoms with E-state index in [0.29, 0.717) is 13.2 Å². The van der Waals surface area contributed by atoms with Gasteiger partial charge in [-0.25, -0.2) is 0 Å². The molecule has 0 aliphatic rings. The Kier molecular flexibility index (Phi) is 10.2. The van der Waals surface area contributed by atoms with Crippen molar-refractivity contribution in [2.24, 2.45) is 5.73 Å². The fourth-order valence-corrected chi connectivity index (χ4v) is 3.09. The second kappa shape index (κ2) is 11.8. The molecule has 0 spiro atoms. The lowest BCUT2D eigenvalue weighted by Crippen LogP contribution is -2.08. The van der Waals surface area contributed by atoms with E-state index >= 15 is 0 Å². The van der Waals surface area contributed by atoms with Gasteiger partial charge in [-0.05, 0) is 86.9 Å². The molecule has 0 saturated carbocycles. The number of ether oxygens (including phenoxy) is 2. The Morgan fingerprint density at radius 2 is 1.62 bits per heavy atom. The highest BCUT2D eigenvalue weighted by molar-refractivity contribution is 5.85. The molecule has 26 heavy (non-hydrogen) atoms. The van der Waals surface area contributed by atoms with Crippen molar-refractivity contribution in [3.05, 3.63) is 58.7 Å². The minimum absolute atomic E-state index is 0. The van der Waals surface area contributed by atoms with Crippen molar-refractivity contribution in [3.63, 3.8) is 0 Å². The van der Waals surface area contributed by atoms with Crippen molar-refractivity contribution in [2.45, 2.75) is 46.0 Å². The number of nitrogens with two attached hydrogens (primary N) is 1. The van der Waals surface area contributed by atoms with Gasteiger partial charge in [-0.3, -0.25) is 0 Å². The van der Waals surface area contributed by atoms with Crippen molar-refractivity contribution >= 4 is 12.4 Å². The van der Waals surface area contributed by atoms with E-state index in [9.17, 15) is 0 Å². The number of rotatable bonds is 10. The first-order valence-electron chi connectivity index (χ1n) is 9.21. The zero-order valence-corrected chi connectivity index (χ0v) is 17.0. The number of hydrogen-bond donors (Lipinski definition) is 1. The van der Waals surface area contributed by atoms with Crippen LogP contribution >= 0.6 is 12.4 Å². The largest absolute Gasteiger partial charge is 0.496 e. The summed E-state index contributed by atoms with van der Waals surface area (Å²) in [4.78, 5) is 0. The van der Waals surface area contributed by atoms with Gasteiger partial charge < -0.3 is 15.2 Å². The molecule has 0 bridgehead atoms. The van der Waals surface area contributed by atoms with Gasteiger partial charge in [0.1, 0.15) is 11.5 Å². The molecule has 0 aliphatic carbocycles. The van der Waals surface area contributed by atoms with Gasteiger partial charge in [0.2, 0.25) is 0 Å². The van der Waals surface area contributed by atoms with Crippen LogP contribution in [-0.2, 0) is 12.8 Å². The summed E-state index contributed by atoms with van der Waals surface area (Å²) in [6.07, 6.45) is 5.24. The van der Waals surface area contributed by atoms with E-state index in [0.717, 1.165) is 43.6 Å².